The lowest BCUT2D eigenvalue weighted by Gasteiger charge is -2.16. The fourth-order valence-electron chi connectivity index (χ4n) is 1.69. The number of rotatable bonds is 5. The highest BCUT2D eigenvalue weighted by Crippen LogP contribution is 2.18. The summed E-state index contributed by atoms with van der Waals surface area (Å²) < 4.78 is 22.6. The highest BCUT2D eigenvalue weighted by Gasteiger charge is 2.10. The highest BCUT2D eigenvalue weighted by atomic mass is 32.2. The van der Waals surface area contributed by atoms with E-state index in [1.165, 1.54) is 6.26 Å². The summed E-state index contributed by atoms with van der Waals surface area (Å²) in [6.45, 7) is 5.08. The third-order valence-corrected chi connectivity index (χ3v) is 3.70. The molecule has 0 heterocycles. The largest absolute Gasteiger partial charge is 0.310 e. The minimum atomic E-state index is -3.08. The van der Waals surface area contributed by atoms with E-state index in [-0.39, 0.29) is 0 Å². The van der Waals surface area contributed by atoms with E-state index in [1.807, 2.05) is 12.1 Å². The Labute approximate surface area is 97.8 Å². The highest BCUT2D eigenvalue weighted by molar-refractivity contribution is 7.90. The maximum atomic E-state index is 11.3. The van der Waals surface area contributed by atoms with Crippen LogP contribution < -0.4 is 5.32 Å². The van der Waals surface area contributed by atoms with Gasteiger partial charge in [0.1, 0.15) is 0 Å². The molecular weight excluding hydrogens is 222 g/mol. The van der Waals surface area contributed by atoms with Gasteiger partial charge in [-0.1, -0.05) is 26.0 Å². The molecule has 0 radical (unpaired) electrons. The molecule has 0 bridgehead atoms. The van der Waals surface area contributed by atoms with Crippen LogP contribution in [0.1, 0.15) is 31.9 Å². The predicted molar refractivity (Wildman–Crippen MR) is 66.3 cm³/mol. The Balaban J connectivity index is 2.93. The van der Waals surface area contributed by atoms with Crippen LogP contribution in [0.15, 0.2) is 29.2 Å². The van der Waals surface area contributed by atoms with Gasteiger partial charge in [0.15, 0.2) is 9.84 Å². The normalized spacial score (nSPS) is 13.7. The van der Waals surface area contributed by atoms with Crippen molar-refractivity contribution in [1.82, 2.24) is 5.32 Å². The van der Waals surface area contributed by atoms with Gasteiger partial charge < -0.3 is 5.32 Å². The van der Waals surface area contributed by atoms with Gasteiger partial charge >= 0.3 is 0 Å². The number of benzene rings is 1. The molecule has 3 nitrogen and oxygen atoms in total. The molecule has 0 fully saturated rings. The van der Waals surface area contributed by atoms with Crippen LogP contribution in [0, 0.1) is 0 Å². The average Bonchev–Trinajstić information content (AvgIpc) is 2.25. The molecule has 1 aromatic carbocycles. The van der Waals surface area contributed by atoms with Crippen LogP contribution in [0.25, 0.3) is 0 Å². The summed E-state index contributed by atoms with van der Waals surface area (Å²) in [5.41, 5.74) is 1.14. The van der Waals surface area contributed by atoms with E-state index in [0.717, 1.165) is 18.5 Å². The zero-order chi connectivity index (χ0) is 12.2. The van der Waals surface area contributed by atoms with Gasteiger partial charge in [0.25, 0.3) is 0 Å². The molecule has 1 atom stereocenters. The molecule has 4 heteroatoms. The van der Waals surface area contributed by atoms with Crippen molar-refractivity contribution in [2.75, 3.05) is 12.8 Å². The first-order valence-electron chi connectivity index (χ1n) is 5.52. The molecule has 0 aliphatic carbocycles. The van der Waals surface area contributed by atoms with Crippen LogP contribution in [0.5, 0.6) is 0 Å². The van der Waals surface area contributed by atoms with Crippen LogP contribution in [-0.4, -0.2) is 21.2 Å². The van der Waals surface area contributed by atoms with Gasteiger partial charge in [-0.2, -0.15) is 0 Å². The summed E-state index contributed by atoms with van der Waals surface area (Å²) in [5, 5.41) is 3.36. The minimum absolute atomic E-state index is 0.304. The Morgan fingerprint density at radius 2 is 1.75 bits per heavy atom. The maximum absolute atomic E-state index is 11.3. The Morgan fingerprint density at radius 3 is 2.12 bits per heavy atom. The first-order valence-corrected chi connectivity index (χ1v) is 7.41. The van der Waals surface area contributed by atoms with Crippen LogP contribution in [0.2, 0.25) is 0 Å². The predicted octanol–water partition coefficient (Wildman–Crippen LogP) is 2.15. The van der Waals surface area contributed by atoms with Crippen molar-refractivity contribution in [1.29, 1.82) is 0 Å². The second kappa shape index (κ2) is 5.46. The summed E-state index contributed by atoms with van der Waals surface area (Å²) in [4.78, 5) is 0.377. The molecule has 0 saturated carbocycles. The van der Waals surface area contributed by atoms with Gasteiger partial charge in [-0.3, -0.25) is 0 Å². The van der Waals surface area contributed by atoms with Gasteiger partial charge in [0.05, 0.1) is 4.90 Å². The summed E-state index contributed by atoms with van der Waals surface area (Å²) in [6.07, 6.45) is 2.22. The summed E-state index contributed by atoms with van der Waals surface area (Å²) >= 11 is 0. The van der Waals surface area contributed by atoms with E-state index in [2.05, 4.69) is 19.2 Å². The Bertz CT molecular complexity index is 423. The first kappa shape index (κ1) is 13.2. The van der Waals surface area contributed by atoms with Gasteiger partial charge in [0.2, 0.25) is 0 Å². The number of nitrogens with one attached hydrogen (secondary N) is 1. The van der Waals surface area contributed by atoms with E-state index in [9.17, 15) is 8.42 Å². The molecule has 1 rings (SSSR count). The topological polar surface area (TPSA) is 46.2 Å². The standard InChI is InChI=1S/C12H19NO2S/c1-4-12(13-5-2)10-6-8-11(9-7-10)16(3,14)15/h6-9,12-13H,4-5H2,1-3H3. The van der Waals surface area contributed by atoms with E-state index >= 15 is 0 Å². The molecule has 0 saturated heterocycles. The van der Waals surface area contributed by atoms with Gasteiger partial charge in [0, 0.05) is 12.3 Å². The molecule has 1 unspecified atom stereocenters. The summed E-state index contributed by atoms with van der Waals surface area (Å²) in [5.74, 6) is 0. The molecule has 0 aliphatic heterocycles. The first-order chi connectivity index (χ1) is 7.49. The number of hydrogen-bond acceptors (Lipinski definition) is 3. The molecule has 0 amide bonds. The number of hydrogen-bond donors (Lipinski definition) is 1. The van der Waals surface area contributed by atoms with Crippen molar-refractivity contribution < 1.29 is 8.42 Å². The fraction of sp³-hybridized carbons (Fsp3) is 0.500. The summed E-state index contributed by atoms with van der Waals surface area (Å²) in [6, 6.07) is 7.41. The Hall–Kier alpha value is -0.870. The van der Waals surface area contributed by atoms with Crippen LogP contribution in [0.3, 0.4) is 0 Å². The lowest BCUT2D eigenvalue weighted by atomic mass is 10.1. The fourth-order valence-corrected chi connectivity index (χ4v) is 2.32. The molecular formula is C12H19NO2S. The summed E-state index contributed by atoms with van der Waals surface area (Å²) in [7, 11) is -3.08. The van der Waals surface area contributed by atoms with Crippen molar-refractivity contribution in [3.05, 3.63) is 29.8 Å². The molecule has 16 heavy (non-hydrogen) atoms. The van der Waals surface area contributed by atoms with E-state index in [1.54, 1.807) is 12.1 Å². The van der Waals surface area contributed by atoms with Crippen molar-refractivity contribution in [3.63, 3.8) is 0 Å². The van der Waals surface area contributed by atoms with E-state index in [4.69, 9.17) is 0 Å². The molecule has 1 aromatic rings. The molecule has 0 aliphatic rings. The molecule has 0 aromatic heterocycles. The van der Waals surface area contributed by atoms with Crippen molar-refractivity contribution in [3.8, 4) is 0 Å². The average molecular weight is 241 g/mol. The van der Waals surface area contributed by atoms with Crippen molar-refractivity contribution >= 4 is 9.84 Å². The lowest BCUT2D eigenvalue weighted by molar-refractivity contribution is 0.537. The van der Waals surface area contributed by atoms with Gasteiger partial charge in [-0.15, -0.1) is 0 Å². The van der Waals surface area contributed by atoms with Crippen LogP contribution in [-0.2, 0) is 9.84 Å². The van der Waals surface area contributed by atoms with Gasteiger partial charge in [-0.25, -0.2) is 8.42 Å². The molecule has 0 spiro atoms. The lowest BCUT2D eigenvalue weighted by Crippen LogP contribution is -2.20. The second-order valence-corrected chi connectivity index (χ2v) is 5.88. The van der Waals surface area contributed by atoms with E-state index < -0.39 is 9.84 Å². The smallest absolute Gasteiger partial charge is 0.175 e. The molecule has 90 valence electrons. The third kappa shape index (κ3) is 3.32. The zero-order valence-corrected chi connectivity index (χ0v) is 10.8. The Morgan fingerprint density at radius 1 is 1.19 bits per heavy atom. The number of sulfone groups is 1. The third-order valence-electron chi connectivity index (χ3n) is 2.57. The minimum Gasteiger partial charge on any atom is -0.310 e. The quantitative estimate of drug-likeness (QED) is 0.859. The SMILES string of the molecule is CCNC(CC)c1ccc(S(C)(=O)=O)cc1. The van der Waals surface area contributed by atoms with Gasteiger partial charge in [-0.05, 0) is 30.7 Å². The zero-order valence-electron chi connectivity index (χ0n) is 10.0. The van der Waals surface area contributed by atoms with Crippen LogP contribution >= 0.6 is 0 Å². The van der Waals surface area contributed by atoms with Crippen molar-refractivity contribution in [2.45, 2.75) is 31.2 Å². The van der Waals surface area contributed by atoms with Crippen molar-refractivity contribution in [2.24, 2.45) is 0 Å². The maximum Gasteiger partial charge on any atom is 0.175 e. The Kier molecular flexibility index (Phi) is 4.50. The second-order valence-electron chi connectivity index (χ2n) is 3.86. The molecule has 1 N–H and O–H groups in total. The van der Waals surface area contributed by atoms with E-state index in [0.29, 0.717) is 10.9 Å². The van der Waals surface area contributed by atoms with Crippen LogP contribution in [0.4, 0.5) is 0 Å². The monoisotopic (exact) mass is 241 g/mol.